The van der Waals surface area contributed by atoms with E-state index in [-0.39, 0.29) is 45.3 Å². The molecular weight excluding hydrogens is 456 g/mol. The van der Waals surface area contributed by atoms with Crippen molar-refractivity contribution in [3.8, 4) is 28.5 Å². The number of rotatable bonds is 4. The van der Waals surface area contributed by atoms with Crippen LogP contribution in [0.3, 0.4) is 0 Å². The van der Waals surface area contributed by atoms with Crippen LogP contribution in [-0.2, 0) is 15.0 Å². The van der Waals surface area contributed by atoms with Crippen LogP contribution in [0.1, 0.15) is 25.0 Å². The molecule has 0 saturated carbocycles. The SMILES string of the molecule is CC(=O)C1=C(O)C=C2Oc3c(-c4csc(Nc5ccccc5)n4)c(O)c(C)c(O)c3[C@]2(C)C1=O. The Labute approximate surface area is 198 Å². The number of aliphatic hydroxyl groups excluding tert-OH is 1. The van der Waals surface area contributed by atoms with Crippen molar-refractivity contribution in [2.24, 2.45) is 0 Å². The Hall–Kier alpha value is -4.11. The van der Waals surface area contributed by atoms with Gasteiger partial charge >= 0.3 is 0 Å². The predicted octanol–water partition coefficient (Wildman–Crippen LogP) is 4.79. The summed E-state index contributed by atoms with van der Waals surface area (Å²) in [6, 6.07) is 9.45. The molecule has 8 nitrogen and oxygen atoms in total. The van der Waals surface area contributed by atoms with Gasteiger partial charge in [-0.1, -0.05) is 18.2 Å². The Balaban J connectivity index is 1.68. The summed E-state index contributed by atoms with van der Waals surface area (Å²) in [5.74, 6) is -2.25. The number of benzene rings is 2. The number of ketones is 2. The van der Waals surface area contributed by atoms with Gasteiger partial charge < -0.3 is 25.4 Å². The molecule has 1 aromatic heterocycles. The third-order valence-corrected chi connectivity index (χ3v) is 6.94. The number of aromatic hydroxyl groups is 2. The topological polar surface area (TPSA) is 129 Å². The number of thiazole rings is 1. The van der Waals surface area contributed by atoms with Crippen molar-refractivity contribution in [2.75, 3.05) is 5.32 Å². The van der Waals surface area contributed by atoms with Gasteiger partial charge in [-0.05, 0) is 32.9 Å². The molecule has 2 aliphatic rings. The number of allylic oxidation sites excluding steroid dienone is 3. The van der Waals surface area contributed by atoms with Gasteiger partial charge in [-0.3, -0.25) is 9.59 Å². The Morgan fingerprint density at radius 2 is 1.85 bits per heavy atom. The molecule has 0 fully saturated rings. The first-order valence-corrected chi connectivity index (χ1v) is 11.3. The van der Waals surface area contributed by atoms with Gasteiger partial charge in [0.15, 0.2) is 16.7 Å². The minimum atomic E-state index is -1.55. The highest BCUT2D eigenvalue weighted by Crippen LogP contribution is 2.60. The zero-order chi connectivity index (χ0) is 24.4. The largest absolute Gasteiger partial charge is 0.507 e. The third kappa shape index (κ3) is 2.94. The molecule has 172 valence electrons. The number of phenols is 2. The molecule has 3 aromatic rings. The average Bonchev–Trinajstić information content (AvgIpc) is 3.36. The highest BCUT2D eigenvalue weighted by Gasteiger charge is 2.55. The Bertz CT molecular complexity index is 1450. The molecule has 2 aromatic carbocycles. The Kier molecular flexibility index (Phi) is 4.76. The summed E-state index contributed by atoms with van der Waals surface area (Å²) in [5, 5.41) is 37.7. The number of phenolic OH excluding ortho intramolecular Hbond substituents is 2. The van der Waals surface area contributed by atoms with Crippen molar-refractivity contribution in [3.63, 3.8) is 0 Å². The summed E-state index contributed by atoms with van der Waals surface area (Å²) in [5.41, 5.74) is -0.246. The number of ether oxygens (including phenoxy) is 1. The standard InChI is InChI=1S/C25H20N2O6S/c1-11-20(30)18(14-10-34-24(27-14)26-13-7-5-4-6-8-13)22-19(21(11)31)25(3)16(33-22)9-15(29)17(12(2)28)23(25)32/h4-10,29-31H,1-3H3,(H,26,27)/t25-/m1/s1. The van der Waals surface area contributed by atoms with E-state index in [0.29, 0.717) is 10.8 Å². The zero-order valence-electron chi connectivity index (χ0n) is 18.5. The van der Waals surface area contributed by atoms with E-state index in [0.717, 1.165) is 5.69 Å². The van der Waals surface area contributed by atoms with Crippen molar-refractivity contribution < 1.29 is 29.6 Å². The zero-order valence-corrected chi connectivity index (χ0v) is 19.3. The second-order valence-corrected chi connectivity index (χ2v) is 9.17. The monoisotopic (exact) mass is 476 g/mol. The van der Waals surface area contributed by atoms with E-state index in [9.17, 15) is 24.9 Å². The number of Topliss-reactive ketones (excluding diaryl/α,β-unsaturated/α-hetero) is 2. The molecule has 0 amide bonds. The van der Waals surface area contributed by atoms with E-state index >= 15 is 0 Å². The van der Waals surface area contributed by atoms with Gasteiger partial charge in [0.2, 0.25) is 0 Å². The maximum atomic E-state index is 13.4. The highest BCUT2D eigenvalue weighted by atomic mass is 32.1. The molecule has 34 heavy (non-hydrogen) atoms. The Morgan fingerprint density at radius 3 is 2.53 bits per heavy atom. The van der Waals surface area contributed by atoms with Crippen molar-refractivity contribution in [2.45, 2.75) is 26.2 Å². The van der Waals surface area contributed by atoms with E-state index in [2.05, 4.69) is 10.3 Å². The molecule has 2 heterocycles. The number of carbonyl (C=O) groups excluding carboxylic acids is 2. The smallest absolute Gasteiger partial charge is 0.188 e. The lowest BCUT2D eigenvalue weighted by molar-refractivity contribution is -0.123. The van der Waals surface area contributed by atoms with Crippen molar-refractivity contribution in [1.29, 1.82) is 0 Å². The van der Waals surface area contributed by atoms with E-state index < -0.39 is 22.7 Å². The quantitative estimate of drug-likeness (QED) is 0.396. The summed E-state index contributed by atoms with van der Waals surface area (Å²) in [7, 11) is 0. The molecule has 0 unspecified atom stereocenters. The van der Waals surface area contributed by atoms with E-state index in [1.165, 1.54) is 38.2 Å². The summed E-state index contributed by atoms with van der Waals surface area (Å²) < 4.78 is 5.97. The first-order valence-electron chi connectivity index (χ1n) is 10.4. The van der Waals surface area contributed by atoms with E-state index in [1.54, 1.807) is 5.38 Å². The van der Waals surface area contributed by atoms with Crippen molar-refractivity contribution in [1.82, 2.24) is 4.98 Å². The second kappa shape index (κ2) is 7.46. The fourth-order valence-electron chi connectivity index (χ4n) is 4.36. The fourth-order valence-corrected chi connectivity index (χ4v) is 5.08. The van der Waals surface area contributed by atoms with Gasteiger partial charge in [0.25, 0.3) is 0 Å². The summed E-state index contributed by atoms with van der Waals surface area (Å²) in [4.78, 5) is 30.0. The molecule has 1 atom stereocenters. The highest BCUT2D eigenvalue weighted by molar-refractivity contribution is 7.14. The number of anilines is 2. The average molecular weight is 477 g/mol. The number of aromatic nitrogens is 1. The Morgan fingerprint density at radius 1 is 1.15 bits per heavy atom. The number of carbonyl (C=O) groups is 2. The van der Waals surface area contributed by atoms with Gasteiger partial charge in [0, 0.05) is 22.7 Å². The first-order chi connectivity index (χ1) is 16.1. The lowest BCUT2D eigenvalue weighted by Gasteiger charge is -2.28. The van der Waals surface area contributed by atoms with Crippen molar-refractivity contribution in [3.05, 3.63) is 70.0 Å². The van der Waals surface area contributed by atoms with Crippen LogP contribution in [-0.4, -0.2) is 31.9 Å². The maximum Gasteiger partial charge on any atom is 0.188 e. The van der Waals surface area contributed by atoms with Gasteiger partial charge in [0.1, 0.15) is 39.8 Å². The molecule has 0 radical (unpaired) electrons. The van der Waals surface area contributed by atoms with Crippen LogP contribution in [0.15, 0.2) is 58.9 Å². The molecule has 0 bridgehead atoms. The molecule has 4 N–H and O–H groups in total. The summed E-state index contributed by atoms with van der Waals surface area (Å²) >= 11 is 1.31. The molecule has 5 rings (SSSR count). The molecule has 9 heteroatoms. The third-order valence-electron chi connectivity index (χ3n) is 6.19. The fraction of sp³-hybridized carbons (Fsp3) is 0.160. The van der Waals surface area contributed by atoms with Crippen LogP contribution in [0, 0.1) is 6.92 Å². The predicted molar refractivity (Wildman–Crippen MR) is 127 cm³/mol. The van der Waals surface area contributed by atoms with Crippen LogP contribution in [0.5, 0.6) is 17.2 Å². The second-order valence-electron chi connectivity index (χ2n) is 8.31. The van der Waals surface area contributed by atoms with Gasteiger partial charge in [-0.15, -0.1) is 11.3 Å². The molecule has 0 spiro atoms. The van der Waals surface area contributed by atoms with Gasteiger partial charge in [-0.25, -0.2) is 4.98 Å². The summed E-state index contributed by atoms with van der Waals surface area (Å²) in [6.45, 7) is 4.22. The van der Waals surface area contributed by atoms with Crippen molar-refractivity contribution >= 4 is 33.7 Å². The van der Waals surface area contributed by atoms with Crippen LogP contribution >= 0.6 is 11.3 Å². The lowest BCUT2D eigenvalue weighted by Crippen LogP contribution is -2.38. The van der Waals surface area contributed by atoms with Crippen LogP contribution in [0.25, 0.3) is 11.3 Å². The molecule has 1 aliphatic heterocycles. The number of aliphatic hydroxyl groups is 1. The van der Waals surface area contributed by atoms with Crippen LogP contribution in [0.2, 0.25) is 0 Å². The number of fused-ring (bicyclic) bond motifs is 3. The number of nitrogens with zero attached hydrogens (tertiary/aromatic N) is 1. The molecule has 1 aliphatic carbocycles. The van der Waals surface area contributed by atoms with Gasteiger partial charge in [0.05, 0.1) is 16.8 Å². The minimum Gasteiger partial charge on any atom is -0.507 e. The van der Waals surface area contributed by atoms with Crippen LogP contribution < -0.4 is 10.1 Å². The lowest BCUT2D eigenvalue weighted by atomic mass is 9.71. The van der Waals surface area contributed by atoms with E-state index in [1.807, 2.05) is 30.3 Å². The van der Waals surface area contributed by atoms with Crippen LogP contribution in [0.4, 0.5) is 10.8 Å². The normalized spacial score (nSPS) is 18.8. The minimum absolute atomic E-state index is 0.0504. The number of hydrogen-bond donors (Lipinski definition) is 4. The molecular formula is C25H20N2O6S. The number of para-hydroxylation sites is 1. The number of hydrogen-bond acceptors (Lipinski definition) is 9. The molecule has 0 saturated heterocycles. The first kappa shape index (κ1) is 21.7. The number of nitrogens with one attached hydrogen (secondary N) is 1. The van der Waals surface area contributed by atoms with Gasteiger partial charge in [-0.2, -0.15) is 0 Å². The summed E-state index contributed by atoms with van der Waals surface area (Å²) in [6.07, 6.45) is 1.21. The maximum absolute atomic E-state index is 13.4. The van der Waals surface area contributed by atoms with E-state index in [4.69, 9.17) is 4.74 Å².